The second-order valence-electron chi connectivity index (χ2n) is 10.4. The van der Waals surface area contributed by atoms with E-state index in [9.17, 15) is 0 Å². The molecule has 3 aromatic heterocycles. The van der Waals surface area contributed by atoms with Crippen molar-refractivity contribution in [3.05, 3.63) is 66.2 Å². The van der Waals surface area contributed by atoms with Crippen molar-refractivity contribution in [2.75, 3.05) is 51.6 Å². The smallest absolute Gasteiger partial charge is 0.191 e. The number of piperidine rings is 1. The number of halogens is 1. The number of nitrogens with one attached hydrogen (secondary N) is 2. The summed E-state index contributed by atoms with van der Waals surface area (Å²) in [7, 11) is 2.18. The maximum atomic E-state index is 16.0. The predicted octanol–water partition coefficient (Wildman–Crippen LogP) is 3.90. The van der Waals surface area contributed by atoms with Crippen molar-refractivity contribution in [2.24, 2.45) is 0 Å². The molecule has 1 unspecified atom stereocenters. The van der Waals surface area contributed by atoms with E-state index in [1.807, 2.05) is 40.9 Å². The minimum absolute atomic E-state index is 0.117. The highest BCUT2D eigenvalue weighted by Crippen LogP contribution is 2.30. The highest BCUT2D eigenvalue weighted by atomic mass is 19.1. The van der Waals surface area contributed by atoms with Gasteiger partial charge in [-0.2, -0.15) is 0 Å². The minimum Gasteiger partial charge on any atom is -0.363 e. The second kappa shape index (κ2) is 11.1. The Kier molecular flexibility index (Phi) is 7.31. The molecule has 2 fully saturated rings. The summed E-state index contributed by atoms with van der Waals surface area (Å²) in [6.45, 7) is 7.06. The summed E-state index contributed by atoms with van der Waals surface area (Å²) in [6, 6.07) is 14.1. The minimum atomic E-state index is -0.420. The van der Waals surface area contributed by atoms with Crippen LogP contribution in [-0.4, -0.2) is 81.5 Å². The summed E-state index contributed by atoms with van der Waals surface area (Å²) in [5.41, 5.74) is 3.79. The highest BCUT2D eigenvalue weighted by molar-refractivity contribution is 5.69. The lowest BCUT2D eigenvalue weighted by Gasteiger charge is -2.25. The first-order valence-electron chi connectivity index (χ1n) is 13.6. The molecule has 6 rings (SSSR count). The van der Waals surface area contributed by atoms with Gasteiger partial charge in [0.15, 0.2) is 17.5 Å². The number of anilines is 1. The van der Waals surface area contributed by atoms with Crippen LogP contribution in [0.3, 0.4) is 0 Å². The van der Waals surface area contributed by atoms with Crippen molar-refractivity contribution < 1.29 is 4.39 Å². The quantitative estimate of drug-likeness (QED) is 0.404. The van der Waals surface area contributed by atoms with Crippen LogP contribution in [0.15, 0.2) is 54.9 Å². The van der Waals surface area contributed by atoms with E-state index >= 15 is 4.39 Å². The van der Waals surface area contributed by atoms with Crippen LogP contribution in [0.2, 0.25) is 0 Å². The highest BCUT2D eigenvalue weighted by Gasteiger charge is 2.22. The van der Waals surface area contributed by atoms with Gasteiger partial charge in [-0.05, 0) is 63.6 Å². The van der Waals surface area contributed by atoms with E-state index in [1.165, 1.54) is 12.0 Å². The average Bonchev–Trinajstić information content (AvgIpc) is 3.27. The van der Waals surface area contributed by atoms with Crippen LogP contribution in [0.4, 0.5) is 10.2 Å². The number of pyridine rings is 1. The normalized spacial score (nSPS) is 19.5. The molecular weight excluding hydrogens is 479 g/mol. The lowest BCUT2D eigenvalue weighted by atomic mass is 10.1. The average molecular weight is 515 g/mol. The molecular formula is C29H35FN8. The van der Waals surface area contributed by atoms with Crippen molar-refractivity contribution in [3.63, 3.8) is 0 Å². The molecule has 1 aromatic carbocycles. The summed E-state index contributed by atoms with van der Waals surface area (Å²) < 4.78 is 17.9. The molecule has 198 valence electrons. The maximum absolute atomic E-state index is 16.0. The Hall–Kier alpha value is -3.40. The maximum Gasteiger partial charge on any atom is 0.191 e. The first kappa shape index (κ1) is 24.9. The summed E-state index contributed by atoms with van der Waals surface area (Å²) >= 11 is 0. The Labute approximate surface area is 222 Å². The van der Waals surface area contributed by atoms with E-state index < -0.39 is 5.82 Å². The molecule has 0 saturated carbocycles. The third-order valence-electron chi connectivity index (χ3n) is 7.58. The van der Waals surface area contributed by atoms with Crippen LogP contribution in [0, 0.1) is 5.82 Å². The summed E-state index contributed by atoms with van der Waals surface area (Å²) in [5, 5.41) is 6.74. The number of hydrogen-bond acceptors (Lipinski definition) is 7. The van der Waals surface area contributed by atoms with Gasteiger partial charge < -0.3 is 15.5 Å². The van der Waals surface area contributed by atoms with E-state index in [4.69, 9.17) is 4.98 Å². The van der Waals surface area contributed by atoms with Gasteiger partial charge in [0.25, 0.3) is 0 Å². The lowest BCUT2D eigenvalue weighted by molar-refractivity contribution is 0.269. The molecule has 8 nitrogen and oxygen atoms in total. The van der Waals surface area contributed by atoms with Gasteiger partial charge in [-0.25, -0.2) is 19.3 Å². The summed E-state index contributed by atoms with van der Waals surface area (Å²) in [6.07, 6.45) is 6.88. The topological polar surface area (TPSA) is 73.6 Å². The van der Waals surface area contributed by atoms with Gasteiger partial charge in [-0.3, -0.25) is 9.30 Å². The third kappa shape index (κ3) is 5.41. The van der Waals surface area contributed by atoms with Crippen LogP contribution in [0.5, 0.6) is 0 Å². The van der Waals surface area contributed by atoms with E-state index in [0.717, 1.165) is 75.6 Å². The number of rotatable bonds is 6. The number of aromatic nitrogens is 4. The number of benzene rings is 1. The fourth-order valence-corrected chi connectivity index (χ4v) is 5.40. The third-order valence-corrected chi connectivity index (χ3v) is 7.58. The van der Waals surface area contributed by atoms with Crippen LogP contribution in [0.25, 0.3) is 28.4 Å². The molecule has 5 heterocycles. The number of nitrogens with zero attached hydrogens (tertiary/aromatic N) is 6. The fourth-order valence-electron chi connectivity index (χ4n) is 5.40. The Bertz CT molecular complexity index is 1380. The van der Waals surface area contributed by atoms with E-state index in [1.54, 1.807) is 6.20 Å². The van der Waals surface area contributed by atoms with Gasteiger partial charge >= 0.3 is 0 Å². The van der Waals surface area contributed by atoms with Crippen LogP contribution >= 0.6 is 0 Å². The Morgan fingerprint density at radius 1 is 1.03 bits per heavy atom. The molecule has 0 aliphatic carbocycles. The predicted molar refractivity (Wildman–Crippen MR) is 149 cm³/mol. The zero-order chi connectivity index (χ0) is 25.9. The van der Waals surface area contributed by atoms with Crippen molar-refractivity contribution in [1.29, 1.82) is 0 Å². The summed E-state index contributed by atoms with van der Waals surface area (Å²) in [5.74, 6) is 0.267. The SMILES string of the molecule is CN1CCCN(Cc2ccc(-c3nc(-c4cnc5ccccn45)nc(NC4CCCNC4)c3F)cc2)CC1. The van der Waals surface area contributed by atoms with Gasteiger partial charge in [0, 0.05) is 44.0 Å². The molecule has 2 aliphatic heterocycles. The molecule has 2 N–H and O–H groups in total. The van der Waals surface area contributed by atoms with Crippen LogP contribution in [-0.2, 0) is 6.54 Å². The van der Waals surface area contributed by atoms with Gasteiger partial charge in [0.1, 0.15) is 17.0 Å². The Balaban J connectivity index is 1.33. The molecule has 1 atom stereocenters. The van der Waals surface area contributed by atoms with Crippen LogP contribution < -0.4 is 10.6 Å². The molecule has 0 radical (unpaired) electrons. The number of imidazole rings is 1. The number of hydrogen-bond donors (Lipinski definition) is 2. The first-order chi connectivity index (χ1) is 18.6. The molecule has 2 aliphatic rings. The molecule has 0 spiro atoms. The van der Waals surface area contributed by atoms with Crippen molar-refractivity contribution in [3.8, 4) is 22.8 Å². The van der Waals surface area contributed by atoms with Gasteiger partial charge in [0.05, 0.1) is 6.20 Å². The second-order valence-corrected chi connectivity index (χ2v) is 10.4. The molecule has 4 aromatic rings. The molecule has 9 heteroatoms. The van der Waals surface area contributed by atoms with Gasteiger partial charge in [0.2, 0.25) is 0 Å². The van der Waals surface area contributed by atoms with Crippen molar-refractivity contribution in [2.45, 2.75) is 31.8 Å². The first-order valence-corrected chi connectivity index (χ1v) is 13.6. The van der Waals surface area contributed by atoms with E-state index in [0.29, 0.717) is 11.5 Å². The Morgan fingerprint density at radius 3 is 2.76 bits per heavy atom. The molecule has 38 heavy (non-hydrogen) atoms. The molecule has 2 saturated heterocycles. The van der Waals surface area contributed by atoms with Crippen molar-refractivity contribution >= 4 is 11.5 Å². The van der Waals surface area contributed by atoms with Gasteiger partial charge in [-0.1, -0.05) is 30.3 Å². The summed E-state index contributed by atoms with van der Waals surface area (Å²) in [4.78, 5) is 18.8. The standard InChI is InChI=1S/C29H35FN8/c1-36-13-5-14-37(17-16-36)20-21-8-10-22(11-9-21)27-26(30)29(33-23-6-4-12-31-18-23)35-28(34-27)24-19-32-25-7-2-3-15-38(24)25/h2-3,7-11,15,19,23,31H,4-6,12-14,16-18,20H2,1H3,(H,33,34,35). The lowest BCUT2D eigenvalue weighted by Crippen LogP contribution is -2.38. The monoisotopic (exact) mass is 514 g/mol. The van der Waals surface area contributed by atoms with Gasteiger partial charge in [-0.15, -0.1) is 0 Å². The number of fused-ring (bicyclic) bond motifs is 1. The zero-order valence-electron chi connectivity index (χ0n) is 21.9. The largest absolute Gasteiger partial charge is 0.363 e. The van der Waals surface area contributed by atoms with Crippen LogP contribution in [0.1, 0.15) is 24.8 Å². The Morgan fingerprint density at radius 2 is 1.92 bits per heavy atom. The van der Waals surface area contributed by atoms with Crippen molar-refractivity contribution in [1.82, 2.24) is 34.5 Å². The molecule has 0 amide bonds. The number of likely N-dealkylation sites (N-methyl/N-ethyl adjacent to an activating group) is 1. The fraction of sp³-hybridized carbons (Fsp3) is 0.414. The molecule has 0 bridgehead atoms. The van der Waals surface area contributed by atoms with E-state index in [-0.39, 0.29) is 11.9 Å². The zero-order valence-corrected chi connectivity index (χ0v) is 21.9. The van der Waals surface area contributed by atoms with E-state index in [2.05, 4.69) is 49.6 Å².